The van der Waals surface area contributed by atoms with Crippen molar-refractivity contribution in [3.8, 4) is 0 Å². The number of hydrogen-bond donors (Lipinski definition) is 1. The Hall–Kier alpha value is -1.73. The van der Waals surface area contributed by atoms with Gasteiger partial charge >= 0.3 is 0 Å². The highest BCUT2D eigenvalue weighted by Crippen LogP contribution is 2.19. The molecule has 0 spiro atoms. The highest BCUT2D eigenvalue weighted by Gasteiger charge is 2.28. The van der Waals surface area contributed by atoms with Gasteiger partial charge in [-0.25, -0.2) is 0 Å². The number of ketones is 1. The Bertz CT molecular complexity index is 568. The predicted molar refractivity (Wildman–Crippen MR) is 81.8 cm³/mol. The van der Waals surface area contributed by atoms with Crippen molar-refractivity contribution in [2.24, 2.45) is 0 Å². The Kier molecular flexibility index (Phi) is 4.51. The maximum Gasteiger partial charge on any atom is 0.244 e. The van der Waals surface area contributed by atoms with Crippen LogP contribution in [-0.2, 0) is 9.59 Å². The number of thioether (sulfide) groups is 1. The van der Waals surface area contributed by atoms with Crippen molar-refractivity contribution < 1.29 is 14.4 Å². The van der Waals surface area contributed by atoms with Crippen molar-refractivity contribution >= 4 is 51.6 Å². The predicted octanol–water partition coefficient (Wildman–Crippen LogP) is 1.69. The molecule has 1 fully saturated rings. The lowest BCUT2D eigenvalue weighted by molar-refractivity contribution is -0.127. The van der Waals surface area contributed by atoms with Crippen molar-refractivity contribution in [1.29, 1.82) is 0 Å². The third-order valence-electron chi connectivity index (χ3n) is 2.72. The number of nitrogens with one attached hydrogen (secondary N) is 1. The summed E-state index contributed by atoms with van der Waals surface area (Å²) in [7, 11) is 0. The summed E-state index contributed by atoms with van der Waals surface area (Å²) in [5.74, 6) is -0.215. The lowest BCUT2D eigenvalue weighted by Crippen LogP contribution is -2.36. The van der Waals surface area contributed by atoms with Gasteiger partial charge in [0.25, 0.3) is 0 Å². The molecular formula is C13H12N2O3S2. The fraction of sp³-hybridized carbons (Fsp3) is 0.231. The summed E-state index contributed by atoms with van der Waals surface area (Å²) in [5.41, 5.74) is 1.15. The number of rotatable bonds is 4. The molecule has 0 radical (unpaired) electrons. The number of amides is 2. The van der Waals surface area contributed by atoms with E-state index in [1.54, 1.807) is 24.3 Å². The zero-order chi connectivity index (χ0) is 14.7. The summed E-state index contributed by atoms with van der Waals surface area (Å²) in [6.45, 7) is 1.39. The highest BCUT2D eigenvalue weighted by molar-refractivity contribution is 8.23. The van der Waals surface area contributed by atoms with Crippen LogP contribution in [0.4, 0.5) is 5.69 Å². The quantitative estimate of drug-likeness (QED) is 0.677. The monoisotopic (exact) mass is 308 g/mol. The van der Waals surface area contributed by atoms with Crippen LogP contribution in [0.25, 0.3) is 0 Å². The number of hydrogen-bond acceptors (Lipinski definition) is 5. The van der Waals surface area contributed by atoms with Crippen LogP contribution in [0.15, 0.2) is 24.3 Å². The zero-order valence-corrected chi connectivity index (χ0v) is 12.3. The fourth-order valence-electron chi connectivity index (χ4n) is 1.67. The number of nitrogens with zero attached hydrogens (tertiary/aromatic N) is 1. The molecule has 2 amide bonds. The molecule has 0 unspecified atom stereocenters. The lowest BCUT2D eigenvalue weighted by Gasteiger charge is -2.14. The molecule has 0 aromatic heterocycles. The summed E-state index contributed by atoms with van der Waals surface area (Å²) < 4.78 is 0.428. The van der Waals surface area contributed by atoms with Crippen molar-refractivity contribution in [3.05, 3.63) is 29.8 Å². The molecule has 20 heavy (non-hydrogen) atoms. The van der Waals surface area contributed by atoms with Gasteiger partial charge < -0.3 is 5.32 Å². The summed E-state index contributed by atoms with van der Waals surface area (Å²) in [5, 5.41) is 2.66. The van der Waals surface area contributed by atoms with Gasteiger partial charge in [0.1, 0.15) is 10.9 Å². The maximum atomic E-state index is 11.8. The second-order valence-electron chi connectivity index (χ2n) is 4.22. The number of carbonyl (C=O) groups excluding carboxylic acids is 3. The highest BCUT2D eigenvalue weighted by atomic mass is 32.2. The van der Waals surface area contributed by atoms with Gasteiger partial charge in [0.15, 0.2) is 5.78 Å². The molecule has 1 aliphatic rings. The maximum absolute atomic E-state index is 11.8. The second-order valence-corrected chi connectivity index (χ2v) is 5.83. The lowest BCUT2D eigenvalue weighted by atomic mass is 10.1. The number of Topliss-reactive ketones (excluding diaryl/α,β-unsaturated/α-hetero) is 1. The van der Waals surface area contributed by atoms with E-state index >= 15 is 0 Å². The zero-order valence-electron chi connectivity index (χ0n) is 10.7. The van der Waals surface area contributed by atoms with Crippen molar-refractivity contribution in [3.63, 3.8) is 0 Å². The minimum atomic E-state index is -0.321. The van der Waals surface area contributed by atoms with Crippen LogP contribution in [0, 0.1) is 0 Å². The molecular weight excluding hydrogens is 296 g/mol. The molecule has 0 saturated carbocycles. The Morgan fingerprint density at radius 3 is 2.50 bits per heavy atom. The van der Waals surface area contributed by atoms with E-state index in [0.717, 1.165) is 0 Å². The van der Waals surface area contributed by atoms with E-state index in [1.165, 1.54) is 23.6 Å². The molecule has 1 aromatic carbocycles. The molecule has 1 heterocycles. The smallest absolute Gasteiger partial charge is 0.244 e. The van der Waals surface area contributed by atoms with Gasteiger partial charge in [-0.1, -0.05) is 24.0 Å². The van der Waals surface area contributed by atoms with E-state index in [-0.39, 0.29) is 24.1 Å². The topological polar surface area (TPSA) is 66.5 Å². The van der Waals surface area contributed by atoms with Gasteiger partial charge in [-0.05, 0) is 31.2 Å². The molecule has 0 aliphatic carbocycles. The van der Waals surface area contributed by atoms with Crippen LogP contribution in [0.2, 0.25) is 0 Å². The van der Waals surface area contributed by atoms with Crippen molar-refractivity contribution in [2.75, 3.05) is 17.6 Å². The van der Waals surface area contributed by atoms with Gasteiger partial charge in [0.2, 0.25) is 11.8 Å². The molecule has 0 bridgehead atoms. The van der Waals surface area contributed by atoms with Crippen LogP contribution in [0.1, 0.15) is 17.3 Å². The van der Waals surface area contributed by atoms with Gasteiger partial charge in [0, 0.05) is 11.3 Å². The number of carbonyl (C=O) groups is 3. The van der Waals surface area contributed by atoms with Crippen LogP contribution in [-0.4, -0.2) is 39.1 Å². The van der Waals surface area contributed by atoms with E-state index in [1.807, 2.05) is 0 Å². The molecule has 0 atom stereocenters. The van der Waals surface area contributed by atoms with Crippen LogP contribution >= 0.6 is 24.0 Å². The van der Waals surface area contributed by atoms with Crippen molar-refractivity contribution in [2.45, 2.75) is 6.92 Å². The first-order chi connectivity index (χ1) is 9.47. The summed E-state index contributed by atoms with van der Waals surface area (Å²) in [4.78, 5) is 35.8. The normalized spacial score (nSPS) is 14.6. The summed E-state index contributed by atoms with van der Waals surface area (Å²) >= 11 is 6.25. The van der Waals surface area contributed by atoms with E-state index in [4.69, 9.17) is 12.2 Å². The minimum absolute atomic E-state index is 0.0343. The van der Waals surface area contributed by atoms with Crippen LogP contribution in [0.3, 0.4) is 0 Å². The van der Waals surface area contributed by atoms with Gasteiger partial charge in [-0.3, -0.25) is 19.3 Å². The molecule has 1 saturated heterocycles. The fourth-order valence-corrected chi connectivity index (χ4v) is 2.73. The second kappa shape index (κ2) is 6.15. The van der Waals surface area contributed by atoms with E-state index in [2.05, 4.69) is 5.32 Å². The first-order valence-electron chi connectivity index (χ1n) is 5.85. The Labute approximate surface area is 125 Å². The number of benzene rings is 1. The molecule has 5 nitrogen and oxygen atoms in total. The molecule has 1 N–H and O–H groups in total. The van der Waals surface area contributed by atoms with E-state index < -0.39 is 0 Å². The van der Waals surface area contributed by atoms with Crippen LogP contribution < -0.4 is 5.32 Å². The summed E-state index contributed by atoms with van der Waals surface area (Å²) in [6, 6.07) is 6.57. The Morgan fingerprint density at radius 1 is 1.35 bits per heavy atom. The van der Waals surface area contributed by atoms with Gasteiger partial charge in [-0.15, -0.1) is 0 Å². The average molecular weight is 308 g/mol. The number of anilines is 1. The van der Waals surface area contributed by atoms with Crippen molar-refractivity contribution in [1.82, 2.24) is 4.90 Å². The first kappa shape index (κ1) is 14.7. The van der Waals surface area contributed by atoms with E-state index in [0.29, 0.717) is 21.3 Å². The van der Waals surface area contributed by atoms with E-state index in [9.17, 15) is 14.4 Å². The molecule has 104 valence electrons. The standard InChI is InChI=1S/C13H12N2O3S2/c1-8(16)9-2-4-10(5-3-9)14-11(17)6-15-12(18)7-20-13(15)19/h2-5H,6-7H2,1H3,(H,14,17). The first-order valence-corrected chi connectivity index (χ1v) is 7.25. The third-order valence-corrected chi connectivity index (χ3v) is 4.15. The molecule has 2 rings (SSSR count). The largest absolute Gasteiger partial charge is 0.325 e. The SMILES string of the molecule is CC(=O)c1ccc(NC(=O)CN2C(=O)CSC2=S)cc1. The molecule has 1 aliphatic heterocycles. The Balaban J connectivity index is 1.96. The molecule has 1 aromatic rings. The van der Waals surface area contributed by atoms with Gasteiger partial charge in [-0.2, -0.15) is 0 Å². The van der Waals surface area contributed by atoms with Gasteiger partial charge in [0.05, 0.1) is 5.75 Å². The Morgan fingerprint density at radius 2 is 2.00 bits per heavy atom. The van der Waals surface area contributed by atoms with Crippen LogP contribution in [0.5, 0.6) is 0 Å². The number of thiocarbonyl (C=S) groups is 1. The summed E-state index contributed by atoms with van der Waals surface area (Å²) in [6.07, 6.45) is 0. The minimum Gasteiger partial charge on any atom is -0.325 e. The average Bonchev–Trinajstić information content (AvgIpc) is 2.71. The molecule has 7 heteroatoms. The third kappa shape index (κ3) is 3.43.